The van der Waals surface area contributed by atoms with Crippen LogP contribution in [-0.4, -0.2) is 107 Å². The summed E-state index contributed by atoms with van der Waals surface area (Å²) in [5, 5.41) is 10.2. The Morgan fingerprint density at radius 3 is 2.53 bits per heavy atom. The molecule has 0 aliphatic carbocycles. The first kappa shape index (κ1) is 26.6. The molecule has 9 nitrogen and oxygen atoms in total. The molecule has 0 unspecified atom stereocenters. The van der Waals surface area contributed by atoms with Gasteiger partial charge in [0.1, 0.15) is 6.26 Å². The number of aliphatic hydroxyl groups is 1. The number of carbonyl (C=O) groups is 2. The number of piperidine rings is 1. The topological polar surface area (TPSA) is 93.4 Å². The summed E-state index contributed by atoms with van der Waals surface area (Å²) < 4.78 is 5.63. The smallest absolute Gasteiger partial charge is 0.275 e. The molecule has 1 aromatic rings. The van der Waals surface area contributed by atoms with Crippen molar-refractivity contribution >= 4 is 11.8 Å². The molecular weight excluding hydrogens is 434 g/mol. The van der Waals surface area contributed by atoms with Crippen LogP contribution in [0.2, 0.25) is 0 Å². The van der Waals surface area contributed by atoms with Gasteiger partial charge in [0, 0.05) is 58.9 Å². The summed E-state index contributed by atoms with van der Waals surface area (Å²) in [6.07, 6.45) is 5.90. The lowest BCUT2D eigenvalue weighted by Gasteiger charge is -2.35. The van der Waals surface area contributed by atoms with Crippen molar-refractivity contribution in [3.8, 4) is 0 Å². The third kappa shape index (κ3) is 7.26. The van der Waals surface area contributed by atoms with Crippen molar-refractivity contribution in [1.29, 1.82) is 0 Å². The molecule has 0 bridgehead atoms. The Bertz CT molecular complexity index is 773. The second kappa shape index (κ2) is 13.2. The first-order chi connectivity index (χ1) is 16.4. The minimum atomic E-state index is -0.247. The van der Waals surface area contributed by atoms with Gasteiger partial charge < -0.3 is 19.3 Å². The Morgan fingerprint density at radius 1 is 1.15 bits per heavy atom. The molecule has 2 fully saturated rings. The van der Waals surface area contributed by atoms with Gasteiger partial charge in [-0.15, -0.1) is 0 Å². The van der Waals surface area contributed by atoms with Gasteiger partial charge in [-0.3, -0.25) is 19.4 Å². The zero-order valence-corrected chi connectivity index (χ0v) is 21.2. The maximum atomic E-state index is 13.0. The molecule has 1 N–H and O–H groups in total. The maximum Gasteiger partial charge on any atom is 0.275 e. The summed E-state index contributed by atoms with van der Waals surface area (Å²) in [5.74, 6) is 0.395. The number of unbranched alkanes of at least 4 members (excludes halogenated alkanes) is 1. The van der Waals surface area contributed by atoms with E-state index in [0.29, 0.717) is 44.3 Å². The maximum absolute atomic E-state index is 13.0. The van der Waals surface area contributed by atoms with Crippen molar-refractivity contribution in [2.45, 2.75) is 65.5 Å². The Hall–Kier alpha value is -1.97. The van der Waals surface area contributed by atoms with E-state index in [2.05, 4.69) is 21.7 Å². The van der Waals surface area contributed by atoms with Crippen LogP contribution >= 0.6 is 0 Å². The highest BCUT2D eigenvalue weighted by Gasteiger charge is 2.32. The molecule has 0 radical (unpaired) electrons. The van der Waals surface area contributed by atoms with E-state index in [1.165, 1.54) is 6.26 Å². The number of hydrogen-bond acceptors (Lipinski definition) is 7. The summed E-state index contributed by atoms with van der Waals surface area (Å²) in [4.78, 5) is 38.4. The van der Waals surface area contributed by atoms with E-state index in [-0.39, 0.29) is 23.8 Å². The number of piperazine rings is 1. The average molecular weight is 478 g/mol. The standard InChI is InChI=1S/C25H43N5O4/c1-4-7-10-21(31)17-27-12-14-28(15-13-27)18-23-26-22(19-34-23)25(33)30-11-8-9-20(16-30)24(32)29(5-2)6-3/h19-21,31H,4-18H2,1-3H3/t20-,21-/m1/s1. The van der Waals surface area contributed by atoms with Crippen LogP contribution in [0.4, 0.5) is 0 Å². The Kier molecular flexibility index (Phi) is 10.3. The second-order valence-electron chi connectivity index (χ2n) is 9.60. The summed E-state index contributed by atoms with van der Waals surface area (Å²) in [7, 11) is 0. The van der Waals surface area contributed by atoms with Crippen LogP contribution in [0, 0.1) is 5.92 Å². The number of likely N-dealkylation sites (tertiary alicyclic amines) is 1. The lowest BCUT2D eigenvalue weighted by Crippen LogP contribution is -2.48. The number of carbonyl (C=O) groups excluding carboxylic acids is 2. The van der Waals surface area contributed by atoms with Gasteiger partial charge in [0.15, 0.2) is 5.69 Å². The number of amides is 2. The minimum absolute atomic E-state index is 0.138. The molecule has 1 aromatic heterocycles. The van der Waals surface area contributed by atoms with Gasteiger partial charge >= 0.3 is 0 Å². The van der Waals surface area contributed by atoms with Crippen molar-refractivity contribution in [2.75, 3.05) is 58.9 Å². The molecule has 0 saturated carbocycles. The first-order valence-electron chi connectivity index (χ1n) is 13.1. The van der Waals surface area contributed by atoms with Crippen LogP contribution in [0.5, 0.6) is 0 Å². The highest BCUT2D eigenvalue weighted by atomic mass is 16.3. The molecule has 0 spiro atoms. The average Bonchev–Trinajstić information content (AvgIpc) is 3.32. The van der Waals surface area contributed by atoms with Crippen molar-refractivity contribution in [3.63, 3.8) is 0 Å². The summed E-state index contributed by atoms with van der Waals surface area (Å²) in [5.41, 5.74) is 0.323. The van der Waals surface area contributed by atoms with Gasteiger partial charge in [-0.1, -0.05) is 19.8 Å². The van der Waals surface area contributed by atoms with E-state index >= 15 is 0 Å². The van der Waals surface area contributed by atoms with Crippen molar-refractivity contribution in [1.82, 2.24) is 24.6 Å². The van der Waals surface area contributed by atoms with Gasteiger partial charge in [0.2, 0.25) is 11.8 Å². The number of aliphatic hydroxyl groups excluding tert-OH is 1. The molecule has 2 amide bonds. The van der Waals surface area contributed by atoms with Crippen LogP contribution in [-0.2, 0) is 11.3 Å². The quantitative estimate of drug-likeness (QED) is 0.521. The van der Waals surface area contributed by atoms with E-state index in [9.17, 15) is 14.7 Å². The molecular formula is C25H43N5O4. The van der Waals surface area contributed by atoms with Crippen LogP contribution < -0.4 is 0 Å². The van der Waals surface area contributed by atoms with E-state index < -0.39 is 0 Å². The number of nitrogens with zero attached hydrogens (tertiary/aromatic N) is 5. The Labute approximate surface area is 204 Å². The lowest BCUT2D eigenvalue weighted by atomic mass is 9.96. The van der Waals surface area contributed by atoms with Crippen molar-refractivity contribution < 1.29 is 19.1 Å². The normalized spacial score (nSPS) is 20.9. The predicted octanol–water partition coefficient (Wildman–Crippen LogP) is 2.06. The van der Waals surface area contributed by atoms with Crippen LogP contribution in [0.3, 0.4) is 0 Å². The zero-order chi connectivity index (χ0) is 24.5. The molecule has 3 heterocycles. The van der Waals surface area contributed by atoms with Crippen LogP contribution in [0.1, 0.15) is 69.3 Å². The van der Waals surface area contributed by atoms with E-state index in [4.69, 9.17) is 4.42 Å². The summed E-state index contributed by atoms with van der Waals surface area (Å²) >= 11 is 0. The second-order valence-corrected chi connectivity index (χ2v) is 9.60. The highest BCUT2D eigenvalue weighted by molar-refractivity contribution is 5.92. The molecule has 34 heavy (non-hydrogen) atoms. The number of aromatic nitrogens is 1. The molecule has 2 atom stereocenters. The molecule has 2 saturated heterocycles. The zero-order valence-electron chi connectivity index (χ0n) is 21.2. The summed E-state index contributed by atoms with van der Waals surface area (Å²) in [6, 6.07) is 0. The SMILES string of the molecule is CCCC[C@@H](O)CN1CCN(Cc2nc(C(=O)N3CCC[C@@H](C(=O)N(CC)CC)C3)co2)CC1. The van der Waals surface area contributed by atoms with Gasteiger partial charge in [-0.05, 0) is 33.1 Å². The highest BCUT2D eigenvalue weighted by Crippen LogP contribution is 2.21. The third-order valence-corrected chi connectivity index (χ3v) is 7.09. The first-order valence-corrected chi connectivity index (χ1v) is 13.1. The fourth-order valence-electron chi connectivity index (χ4n) is 4.95. The van der Waals surface area contributed by atoms with Crippen LogP contribution in [0.25, 0.3) is 0 Å². The van der Waals surface area contributed by atoms with E-state index in [0.717, 1.165) is 64.8 Å². The number of rotatable bonds is 11. The monoisotopic (exact) mass is 477 g/mol. The van der Waals surface area contributed by atoms with Gasteiger partial charge in [0.05, 0.1) is 18.6 Å². The molecule has 2 aliphatic heterocycles. The molecule has 2 aliphatic rings. The molecule has 9 heteroatoms. The molecule has 0 aromatic carbocycles. The van der Waals surface area contributed by atoms with Gasteiger partial charge in [-0.25, -0.2) is 4.98 Å². The number of hydrogen-bond donors (Lipinski definition) is 1. The fraction of sp³-hybridized carbons (Fsp3) is 0.800. The Balaban J connectivity index is 1.47. The predicted molar refractivity (Wildman–Crippen MR) is 130 cm³/mol. The largest absolute Gasteiger partial charge is 0.447 e. The van der Waals surface area contributed by atoms with Crippen LogP contribution in [0.15, 0.2) is 10.7 Å². The third-order valence-electron chi connectivity index (χ3n) is 7.09. The van der Waals surface area contributed by atoms with Gasteiger partial charge in [0.25, 0.3) is 5.91 Å². The number of oxazole rings is 1. The number of β-amino-alcohol motifs (C(OH)–C–C–N with tert-alkyl or cyclic N) is 1. The fourth-order valence-corrected chi connectivity index (χ4v) is 4.95. The van der Waals surface area contributed by atoms with Crippen molar-refractivity contribution in [2.24, 2.45) is 5.92 Å². The minimum Gasteiger partial charge on any atom is -0.447 e. The van der Waals surface area contributed by atoms with Crippen molar-refractivity contribution in [3.05, 3.63) is 17.8 Å². The molecule has 3 rings (SSSR count). The van der Waals surface area contributed by atoms with Gasteiger partial charge in [-0.2, -0.15) is 0 Å². The van der Waals surface area contributed by atoms with E-state index in [1.807, 2.05) is 18.7 Å². The van der Waals surface area contributed by atoms with E-state index in [1.54, 1.807) is 4.90 Å². The Morgan fingerprint density at radius 2 is 1.85 bits per heavy atom. The molecule has 192 valence electrons. The summed E-state index contributed by atoms with van der Waals surface area (Å²) in [6.45, 7) is 13.5. The lowest BCUT2D eigenvalue weighted by molar-refractivity contribution is -0.136.